The summed E-state index contributed by atoms with van der Waals surface area (Å²) in [5, 5.41) is 11.1. The molecule has 0 atom stereocenters. The van der Waals surface area contributed by atoms with Gasteiger partial charge in [-0.3, -0.25) is 4.79 Å². The fourth-order valence-electron chi connectivity index (χ4n) is 2.51. The van der Waals surface area contributed by atoms with E-state index in [0.29, 0.717) is 22.8 Å². The fraction of sp³-hybridized carbons (Fsp3) is 0.235. The van der Waals surface area contributed by atoms with Gasteiger partial charge < -0.3 is 11.1 Å². The number of carbonyl (C=O) groups excluding carboxylic acids is 1. The third-order valence-corrected chi connectivity index (χ3v) is 5.09. The summed E-state index contributed by atoms with van der Waals surface area (Å²) >= 11 is 1.04. The first-order valence-corrected chi connectivity index (χ1v) is 8.41. The fourth-order valence-corrected chi connectivity index (χ4v) is 3.51. The number of fused-ring (bicyclic) bond motifs is 1. The summed E-state index contributed by atoms with van der Waals surface area (Å²) < 4.78 is 40.5. The lowest BCUT2D eigenvalue weighted by Crippen LogP contribution is -2.14. The van der Waals surface area contributed by atoms with E-state index in [0.717, 1.165) is 35.1 Å². The molecular weight excluding hydrogens is 365 g/mol. The first-order chi connectivity index (χ1) is 12.1. The number of amides is 1. The second-order valence-corrected chi connectivity index (χ2v) is 7.01. The molecule has 3 aromatic rings. The molecule has 0 aliphatic heterocycles. The topological polar surface area (TPSA) is 80.9 Å². The van der Waals surface area contributed by atoms with E-state index in [1.54, 1.807) is 6.92 Å². The van der Waals surface area contributed by atoms with Gasteiger partial charge in [0.05, 0.1) is 11.4 Å². The molecule has 0 radical (unpaired) electrons. The number of hydrogen-bond acceptors (Lipinski definition) is 5. The van der Waals surface area contributed by atoms with E-state index in [1.807, 2.05) is 6.92 Å². The minimum Gasteiger partial charge on any atom is -0.397 e. The van der Waals surface area contributed by atoms with Crippen molar-refractivity contribution < 1.29 is 18.0 Å². The van der Waals surface area contributed by atoms with Crippen molar-refractivity contribution in [2.24, 2.45) is 0 Å². The van der Waals surface area contributed by atoms with Crippen molar-refractivity contribution in [1.29, 1.82) is 0 Å². The highest BCUT2D eigenvalue weighted by Crippen LogP contribution is 2.36. The van der Waals surface area contributed by atoms with Crippen molar-refractivity contribution in [2.75, 3.05) is 11.1 Å². The Kier molecular flexibility index (Phi) is 4.35. The van der Waals surface area contributed by atoms with Crippen LogP contribution in [0.5, 0.6) is 0 Å². The van der Waals surface area contributed by atoms with Gasteiger partial charge in [0.25, 0.3) is 11.8 Å². The SMILES string of the molecule is Cc1nnc2sc(C(=O)Nc3cc(F)cc(C(C)(F)F)c3)c(N)c2c1C. The van der Waals surface area contributed by atoms with E-state index in [-0.39, 0.29) is 16.3 Å². The molecule has 9 heteroatoms. The molecule has 0 fully saturated rings. The molecule has 1 amide bonds. The quantitative estimate of drug-likeness (QED) is 0.706. The van der Waals surface area contributed by atoms with Crippen LogP contribution in [0.15, 0.2) is 18.2 Å². The van der Waals surface area contributed by atoms with E-state index in [4.69, 9.17) is 5.73 Å². The zero-order valence-electron chi connectivity index (χ0n) is 14.2. The van der Waals surface area contributed by atoms with Crippen molar-refractivity contribution in [3.05, 3.63) is 45.7 Å². The third kappa shape index (κ3) is 3.22. The molecular formula is C17H15F3N4OS. The number of carbonyl (C=O) groups is 1. The first-order valence-electron chi connectivity index (χ1n) is 7.60. The van der Waals surface area contributed by atoms with Crippen molar-refractivity contribution >= 4 is 38.8 Å². The lowest BCUT2D eigenvalue weighted by molar-refractivity contribution is 0.0172. The Morgan fingerprint density at radius 1 is 1.23 bits per heavy atom. The normalized spacial score (nSPS) is 11.8. The molecule has 0 spiro atoms. The Bertz CT molecular complexity index is 1030. The number of hydrogen-bond donors (Lipinski definition) is 2. The summed E-state index contributed by atoms with van der Waals surface area (Å²) in [6, 6.07) is 2.72. The Morgan fingerprint density at radius 3 is 2.58 bits per heavy atom. The first kappa shape index (κ1) is 18.1. The molecule has 3 N–H and O–H groups in total. The van der Waals surface area contributed by atoms with Crippen molar-refractivity contribution in [2.45, 2.75) is 26.7 Å². The lowest BCUT2D eigenvalue weighted by Gasteiger charge is -2.13. The molecule has 26 heavy (non-hydrogen) atoms. The molecule has 2 aromatic heterocycles. The average Bonchev–Trinajstić information content (AvgIpc) is 2.87. The van der Waals surface area contributed by atoms with Gasteiger partial charge >= 0.3 is 0 Å². The molecule has 3 rings (SSSR count). The number of aryl methyl sites for hydroxylation is 2. The van der Waals surface area contributed by atoms with Gasteiger partial charge in [0, 0.05) is 23.6 Å². The average molecular weight is 380 g/mol. The number of aromatic nitrogens is 2. The summed E-state index contributed by atoms with van der Waals surface area (Å²) in [6.45, 7) is 4.25. The molecule has 2 heterocycles. The number of halogens is 3. The smallest absolute Gasteiger partial charge is 0.270 e. The number of nitrogens with one attached hydrogen (secondary N) is 1. The second-order valence-electron chi connectivity index (χ2n) is 6.01. The molecule has 0 saturated heterocycles. The van der Waals surface area contributed by atoms with Gasteiger partial charge in [-0.1, -0.05) is 0 Å². The zero-order chi connectivity index (χ0) is 19.2. The largest absolute Gasteiger partial charge is 0.397 e. The van der Waals surface area contributed by atoms with Gasteiger partial charge in [-0.15, -0.1) is 16.4 Å². The molecule has 5 nitrogen and oxygen atoms in total. The summed E-state index contributed by atoms with van der Waals surface area (Å²) in [6.07, 6.45) is 0. The number of nitrogens with two attached hydrogens (primary N) is 1. The van der Waals surface area contributed by atoms with Gasteiger partial charge in [-0.05, 0) is 37.6 Å². The number of anilines is 2. The number of nitrogens with zero attached hydrogens (tertiary/aromatic N) is 2. The Labute approximate surface area is 151 Å². The van der Waals surface area contributed by atoms with Gasteiger partial charge in [0.1, 0.15) is 15.5 Å². The number of benzene rings is 1. The number of alkyl halides is 2. The van der Waals surface area contributed by atoms with Crippen LogP contribution in [-0.4, -0.2) is 16.1 Å². The monoisotopic (exact) mass is 380 g/mol. The van der Waals surface area contributed by atoms with Crippen LogP contribution in [0.1, 0.15) is 33.4 Å². The Hall–Kier alpha value is -2.68. The number of thiophene rings is 1. The predicted octanol–water partition coefficient (Wildman–Crippen LogP) is 4.39. The lowest BCUT2D eigenvalue weighted by atomic mass is 10.1. The van der Waals surface area contributed by atoms with Crippen LogP contribution in [0.3, 0.4) is 0 Å². The van der Waals surface area contributed by atoms with E-state index >= 15 is 0 Å². The maximum atomic E-state index is 13.6. The summed E-state index contributed by atoms with van der Waals surface area (Å²) in [5.41, 5.74) is 7.19. The van der Waals surface area contributed by atoms with Gasteiger partial charge in [-0.25, -0.2) is 13.2 Å². The van der Waals surface area contributed by atoms with Crippen LogP contribution in [-0.2, 0) is 5.92 Å². The van der Waals surface area contributed by atoms with Gasteiger partial charge in [0.15, 0.2) is 0 Å². The van der Waals surface area contributed by atoms with Gasteiger partial charge in [0.2, 0.25) is 0 Å². The van der Waals surface area contributed by atoms with Crippen molar-refractivity contribution in [1.82, 2.24) is 10.2 Å². The van der Waals surface area contributed by atoms with Crippen LogP contribution >= 0.6 is 11.3 Å². The van der Waals surface area contributed by atoms with Crippen molar-refractivity contribution in [3.63, 3.8) is 0 Å². The van der Waals surface area contributed by atoms with E-state index in [1.165, 1.54) is 0 Å². The standard InChI is InChI=1S/C17H15F3N4OS/c1-7-8(2)23-24-16-12(7)13(21)14(26-16)15(25)22-11-5-9(17(3,19)20)4-10(18)6-11/h4-6H,21H2,1-3H3,(H,22,25). The van der Waals surface area contributed by atoms with Gasteiger partial charge in [-0.2, -0.15) is 5.10 Å². The molecule has 0 saturated carbocycles. The minimum absolute atomic E-state index is 0.0811. The highest BCUT2D eigenvalue weighted by Gasteiger charge is 2.26. The zero-order valence-corrected chi connectivity index (χ0v) is 15.0. The van der Waals surface area contributed by atoms with Crippen molar-refractivity contribution in [3.8, 4) is 0 Å². The summed E-state index contributed by atoms with van der Waals surface area (Å²) in [7, 11) is 0. The second kappa shape index (κ2) is 6.24. The Morgan fingerprint density at radius 2 is 1.92 bits per heavy atom. The maximum Gasteiger partial charge on any atom is 0.270 e. The molecule has 0 unspecified atom stereocenters. The van der Waals surface area contributed by atoms with Crippen LogP contribution in [0.4, 0.5) is 24.5 Å². The summed E-state index contributed by atoms with van der Waals surface area (Å²) in [5.74, 6) is -4.73. The molecule has 1 aromatic carbocycles. The number of rotatable bonds is 3. The highest BCUT2D eigenvalue weighted by molar-refractivity contribution is 7.21. The van der Waals surface area contributed by atoms with E-state index in [9.17, 15) is 18.0 Å². The maximum absolute atomic E-state index is 13.6. The van der Waals surface area contributed by atoms with Crippen LogP contribution in [0.25, 0.3) is 10.2 Å². The van der Waals surface area contributed by atoms with E-state index < -0.39 is 23.2 Å². The predicted molar refractivity (Wildman–Crippen MR) is 95.2 cm³/mol. The van der Waals surface area contributed by atoms with Crippen LogP contribution in [0, 0.1) is 19.7 Å². The third-order valence-electron chi connectivity index (χ3n) is 4.00. The van der Waals surface area contributed by atoms with Crippen LogP contribution < -0.4 is 11.1 Å². The Balaban J connectivity index is 1.99. The highest BCUT2D eigenvalue weighted by atomic mass is 32.1. The number of nitrogen functional groups attached to an aromatic ring is 1. The van der Waals surface area contributed by atoms with E-state index in [2.05, 4.69) is 15.5 Å². The molecule has 0 aliphatic carbocycles. The molecule has 0 aliphatic rings. The molecule has 0 bridgehead atoms. The minimum atomic E-state index is -3.23. The summed E-state index contributed by atoms with van der Waals surface area (Å²) in [4.78, 5) is 13.2. The van der Waals surface area contributed by atoms with Crippen LogP contribution in [0.2, 0.25) is 0 Å². The molecule has 136 valence electrons.